The fourth-order valence-corrected chi connectivity index (χ4v) is 3.51. The third-order valence-corrected chi connectivity index (χ3v) is 4.68. The van der Waals surface area contributed by atoms with Crippen LogP contribution < -0.4 is 5.73 Å². The summed E-state index contributed by atoms with van der Waals surface area (Å²) < 4.78 is 2.17. The highest BCUT2D eigenvalue weighted by Gasteiger charge is 2.33. The first-order chi connectivity index (χ1) is 11.0. The molecule has 6 heteroatoms. The largest absolute Gasteiger partial charge is 0.382 e. The minimum atomic E-state index is -0.0136. The van der Waals surface area contributed by atoms with Gasteiger partial charge in [-0.1, -0.05) is 0 Å². The molecular formula is C17H23N5O. The average Bonchev–Trinajstić information content (AvgIpc) is 3.12. The van der Waals surface area contributed by atoms with Gasteiger partial charge in [-0.3, -0.25) is 4.79 Å². The van der Waals surface area contributed by atoms with Crippen molar-refractivity contribution in [3.8, 4) is 0 Å². The lowest BCUT2D eigenvalue weighted by molar-refractivity contribution is 0.0731. The number of amides is 1. The van der Waals surface area contributed by atoms with Crippen LogP contribution in [0, 0.1) is 13.8 Å². The van der Waals surface area contributed by atoms with Crippen molar-refractivity contribution in [1.82, 2.24) is 19.7 Å². The number of hydrogen-bond donors (Lipinski definition) is 1. The lowest BCUT2D eigenvalue weighted by atomic mass is 10.1. The smallest absolute Gasteiger partial charge is 0.256 e. The number of aromatic nitrogens is 3. The second-order valence-corrected chi connectivity index (χ2v) is 6.07. The summed E-state index contributed by atoms with van der Waals surface area (Å²) in [6, 6.07) is 5.59. The van der Waals surface area contributed by atoms with Gasteiger partial charge in [0.25, 0.3) is 5.91 Å². The third-order valence-electron chi connectivity index (χ3n) is 4.68. The highest BCUT2D eigenvalue weighted by atomic mass is 16.2. The fraction of sp³-hybridized carbons (Fsp3) is 0.471. The van der Waals surface area contributed by atoms with Gasteiger partial charge in [-0.2, -0.15) is 5.10 Å². The molecule has 0 radical (unpaired) electrons. The summed E-state index contributed by atoms with van der Waals surface area (Å²) in [7, 11) is 0. The fourth-order valence-electron chi connectivity index (χ4n) is 3.51. The quantitative estimate of drug-likeness (QED) is 0.944. The van der Waals surface area contributed by atoms with Crippen molar-refractivity contribution in [2.45, 2.75) is 46.2 Å². The van der Waals surface area contributed by atoms with Crippen LogP contribution >= 0.6 is 0 Å². The van der Waals surface area contributed by atoms with Crippen molar-refractivity contribution in [3.05, 3.63) is 40.8 Å². The number of nitrogens with two attached hydrogens (primary N) is 1. The molecule has 6 nitrogen and oxygen atoms in total. The van der Waals surface area contributed by atoms with E-state index in [1.165, 1.54) is 0 Å². The van der Waals surface area contributed by atoms with Gasteiger partial charge in [0.1, 0.15) is 5.82 Å². The van der Waals surface area contributed by atoms with Crippen LogP contribution in [0.3, 0.4) is 0 Å². The van der Waals surface area contributed by atoms with Crippen LogP contribution in [0.4, 0.5) is 5.82 Å². The van der Waals surface area contributed by atoms with Gasteiger partial charge >= 0.3 is 0 Å². The van der Waals surface area contributed by atoms with E-state index in [9.17, 15) is 4.79 Å². The van der Waals surface area contributed by atoms with E-state index in [1.807, 2.05) is 30.9 Å². The Bertz CT molecular complexity index is 719. The van der Waals surface area contributed by atoms with Gasteiger partial charge in [-0.25, -0.2) is 0 Å². The Kier molecular flexibility index (Phi) is 4.07. The van der Waals surface area contributed by atoms with E-state index in [-0.39, 0.29) is 11.9 Å². The highest BCUT2D eigenvalue weighted by molar-refractivity contribution is 5.96. The zero-order valence-corrected chi connectivity index (χ0v) is 13.9. The molecule has 3 rings (SSSR count). The molecule has 1 saturated heterocycles. The minimum absolute atomic E-state index is 0.0136. The number of carbonyl (C=O) groups is 1. The summed E-state index contributed by atoms with van der Waals surface area (Å²) in [4.78, 5) is 15.0. The summed E-state index contributed by atoms with van der Waals surface area (Å²) in [5, 5.41) is 8.10. The number of likely N-dealkylation sites (tertiary alicyclic amines) is 1. The normalized spacial score (nSPS) is 17.7. The summed E-state index contributed by atoms with van der Waals surface area (Å²) in [5.41, 5.74) is 9.37. The molecule has 23 heavy (non-hydrogen) atoms. The lowest BCUT2D eigenvalue weighted by Gasteiger charge is -2.24. The van der Waals surface area contributed by atoms with Crippen LogP contribution in [-0.2, 0) is 6.54 Å². The molecule has 2 aromatic rings. The predicted octanol–water partition coefficient (Wildman–Crippen LogP) is 2.47. The summed E-state index contributed by atoms with van der Waals surface area (Å²) >= 11 is 0. The first-order valence-corrected chi connectivity index (χ1v) is 8.09. The first kappa shape index (κ1) is 15.5. The van der Waals surface area contributed by atoms with E-state index in [0.717, 1.165) is 48.6 Å². The number of nitrogens with zero attached hydrogens (tertiary/aromatic N) is 4. The Morgan fingerprint density at radius 1 is 1.35 bits per heavy atom. The van der Waals surface area contributed by atoms with E-state index >= 15 is 0 Å². The Hall–Kier alpha value is -2.37. The Labute approximate surface area is 136 Å². The maximum absolute atomic E-state index is 13.0. The van der Waals surface area contributed by atoms with Gasteiger partial charge in [0.15, 0.2) is 0 Å². The van der Waals surface area contributed by atoms with E-state index in [4.69, 9.17) is 5.73 Å². The Morgan fingerprint density at radius 2 is 2.13 bits per heavy atom. The zero-order valence-electron chi connectivity index (χ0n) is 13.9. The standard InChI is InChI=1S/C17H23N5O/c1-4-21-11(2)10-13(12(21)3)17(23)22-9-5-6-15(22)14-7-8-16(18)20-19-14/h7-8,10,15H,4-6,9H2,1-3H3,(H2,18,20). The van der Waals surface area contributed by atoms with E-state index in [1.54, 1.807) is 6.07 Å². The van der Waals surface area contributed by atoms with Crippen molar-refractivity contribution < 1.29 is 4.79 Å². The molecular weight excluding hydrogens is 290 g/mol. The molecule has 1 amide bonds. The number of anilines is 1. The molecule has 0 spiro atoms. The maximum atomic E-state index is 13.0. The molecule has 0 aliphatic carbocycles. The van der Waals surface area contributed by atoms with Gasteiger partial charge in [-0.15, -0.1) is 5.10 Å². The Morgan fingerprint density at radius 3 is 2.74 bits per heavy atom. The molecule has 1 aliphatic heterocycles. The van der Waals surface area contributed by atoms with Gasteiger partial charge in [-0.05, 0) is 51.8 Å². The van der Waals surface area contributed by atoms with Crippen LogP contribution in [0.1, 0.15) is 53.2 Å². The minimum Gasteiger partial charge on any atom is -0.382 e. The van der Waals surface area contributed by atoms with E-state index in [0.29, 0.717) is 5.82 Å². The number of nitrogen functional groups attached to an aromatic ring is 1. The van der Waals surface area contributed by atoms with E-state index in [2.05, 4.69) is 21.7 Å². The molecule has 122 valence electrons. The summed E-state index contributed by atoms with van der Waals surface area (Å²) in [5.74, 6) is 0.482. The van der Waals surface area contributed by atoms with Crippen LogP contribution in [0.15, 0.2) is 18.2 Å². The number of carbonyl (C=O) groups excluding carboxylic acids is 1. The summed E-state index contributed by atoms with van der Waals surface area (Å²) in [6.07, 6.45) is 1.89. The monoisotopic (exact) mass is 313 g/mol. The molecule has 0 bridgehead atoms. The predicted molar refractivity (Wildman–Crippen MR) is 89.0 cm³/mol. The summed E-state index contributed by atoms with van der Waals surface area (Å²) in [6.45, 7) is 7.78. The molecule has 1 fully saturated rings. The Balaban J connectivity index is 1.90. The van der Waals surface area contributed by atoms with Gasteiger partial charge in [0.05, 0.1) is 17.3 Å². The number of aryl methyl sites for hydroxylation is 1. The van der Waals surface area contributed by atoms with Crippen molar-refractivity contribution in [3.63, 3.8) is 0 Å². The number of rotatable bonds is 3. The SMILES string of the molecule is CCn1c(C)cc(C(=O)N2CCCC2c2ccc(N)nn2)c1C. The van der Waals surface area contributed by atoms with Crippen molar-refractivity contribution in [2.75, 3.05) is 12.3 Å². The lowest BCUT2D eigenvalue weighted by Crippen LogP contribution is -2.31. The van der Waals surface area contributed by atoms with Gasteiger partial charge in [0, 0.05) is 24.5 Å². The van der Waals surface area contributed by atoms with Crippen LogP contribution in [0.2, 0.25) is 0 Å². The maximum Gasteiger partial charge on any atom is 0.256 e. The molecule has 1 aliphatic rings. The second-order valence-electron chi connectivity index (χ2n) is 6.07. The molecule has 0 aromatic carbocycles. The van der Waals surface area contributed by atoms with Crippen molar-refractivity contribution >= 4 is 11.7 Å². The molecule has 2 N–H and O–H groups in total. The molecule has 0 saturated carbocycles. The third kappa shape index (κ3) is 2.69. The highest BCUT2D eigenvalue weighted by Crippen LogP contribution is 2.32. The number of hydrogen-bond acceptors (Lipinski definition) is 4. The van der Waals surface area contributed by atoms with E-state index < -0.39 is 0 Å². The van der Waals surface area contributed by atoms with Gasteiger partial charge < -0.3 is 15.2 Å². The molecule has 3 heterocycles. The molecule has 1 atom stereocenters. The van der Waals surface area contributed by atoms with Crippen LogP contribution in [0.25, 0.3) is 0 Å². The van der Waals surface area contributed by atoms with Crippen LogP contribution in [-0.4, -0.2) is 32.1 Å². The van der Waals surface area contributed by atoms with Gasteiger partial charge in [0.2, 0.25) is 0 Å². The topological polar surface area (TPSA) is 77.0 Å². The molecule has 2 aromatic heterocycles. The zero-order chi connectivity index (χ0) is 16.6. The van der Waals surface area contributed by atoms with Crippen molar-refractivity contribution in [2.24, 2.45) is 0 Å². The molecule has 1 unspecified atom stereocenters. The first-order valence-electron chi connectivity index (χ1n) is 8.09. The van der Waals surface area contributed by atoms with Crippen molar-refractivity contribution in [1.29, 1.82) is 0 Å². The average molecular weight is 313 g/mol. The van der Waals surface area contributed by atoms with Crippen LogP contribution in [0.5, 0.6) is 0 Å². The second kappa shape index (κ2) is 6.02.